The van der Waals surface area contributed by atoms with Crippen molar-refractivity contribution in [2.75, 3.05) is 37.0 Å². The van der Waals surface area contributed by atoms with Gasteiger partial charge < -0.3 is 15.0 Å². The lowest BCUT2D eigenvalue weighted by molar-refractivity contribution is 0.412. The van der Waals surface area contributed by atoms with Crippen LogP contribution in [-0.4, -0.2) is 36.7 Å². The molecule has 0 aromatic carbocycles. The lowest BCUT2D eigenvalue weighted by atomic mass is 10.0. The maximum atomic E-state index is 5.52. The molecule has 0 saturated carbocycles. The molecule has 1 aromatic rings. The fourth-order valence-corrected chi connectivity index (χ4v) is 2.55. The van der Waals surface area contributed by atoms with E-state index < -0.39 is 0 Å². The van der Waals surface area contributed by atoms with Crippen LogP contribution in [0.4, 0.5) is 11.6 Å². The van der Waals surface area contributed by atoms with Crippen molar-refractivity contribution in [3.63, 3.8) is 0 Å². The second kappa shape index (κ2) is 6.59. The zero-order valence-electron chi connectivity index (χ0n) is 12.1. The number of aromatic nitrogens is 2. The van der Waals surface area contributed by atoms with Gasteiger partial charge in [0.2, 0.25) is 5.75 Å². The first-order chi connectivity index (χ1) is 9.26. The van der Waals surface area contributed by atoms with Crippen molar-refractivity contribution in [1.29, 1.82) is 0 Å². The number of nitrogens with zero attached hydrogens (tertiary/aromatic N) is 3. The Bertz CT molecular complexity index is 410. The Hall–Kier alpha value is -1.52. The molecule has 2 heterocycles. The Morgan fingerprint density at radius 3 is 2.95 bits per heavy atom. The van der Waals surface area contributed by atoms with Crippen molar-refractivity contribution in [3.8, 4) is 5.75 Å². The number of anilines is 2. The molecule has 1 saturated heterocycles. The summed E-state index contributed by atoms with van der Waals surface area (Å²) >= 11 is 0. The average molecular weight is 264 g/mol. The highest BCUT2D eigenvalue weighted by Crippen LogP contribution is 2.33. The largest absolute Gasteiger partial charge is 0.490 e. The molecule has 0 spiro atoms. The van der Waals surface area contributed by atoms with E-state index in [0.29, 0.717) is 0 Å². The lowest BCUT2D eigenvalue weighted by Crippen LogP contribution is -2.26. The van der Waals surface area contributed by atoms with Crippen molar-refractivity contribution in [3.05, 3.63) is 6.33 Å². The van der Waals surface area contributed by atoms with Crippen LogP contribution < -0.4 is 15.0 Å². The second-order valence-corrected chi connectivity index (χ2v) is 5.13. The van der Waals surface area contributed by atoms with Gasteiger partial charge in [-0.15, -0.1) is 0 Å². The quantitative estimate of drug-likeness (QED) is 0.905. The summed E-state index contributed by atoms with van der Waals surface area (Å²) in [6.45, 7) is 7.28. The third-order valence-corrected chi connectivity index (χ3v) is 3.65. The van der Waals surface area contributed by atoms with Gasteiger partial charge in [-0.05, 0) is 32.1 Å². The van der Waals surface area contributed by atoms with E-state index in [1.807, 2.05) is 0 Å². The van der Waals surface area contributed by atoms with Gasteiger partial charge in [-0.2, -0.15) is 0 Å². The molecule has 1 aliphatic heterocycles. The molecule has 1 unspecified atom stereocenters. The number of ether oxygens (including phenoxy) is 1. The third kappa shape index (κ3) is 3.28. The van der Waals surface area contributed by atoms with Crippen LogP contribution >= 0.6 is 0 Å². The molecular formula is C14H24N4O. The van der Waals surface area contributed by atoms with Crippen LogP contribution in [0.3, 0.4) is 0 Å². The summed E-state index contributed by atoms with van der Waals surface area (Å²) in [5, 5.41) is 3.23. The van der Waals surface area contributed by atoms with Crippen molar-refractivity contribution in [1.82, 2.24) is 9.97 Å². The Kier molecular flexibility index (Phi) is 4.82. The Morgan fingerprint density at radius 1 is 1.37 bits per heavy atom. The highest BCUT2D eigenvalue weighted by atomic mass is 16.5. The van der Waals surface area contributed by atoms with Gasteiger partial charge in [-0.3, -0.25) is 0 Å². The highest BCUT2D eigenvalue weighted by Gasteiger charge is 2.20. The topological polar surface area (TPSA) is 50.3 Å². The zero-order chi connectivity index (χ0) is 13.7. The highest BCUT2D eigenvalue weighted by molar-refractivity contribution is 5.64. The summed E-state index contributed by atoms with van der Waals surface area (Å²) in [4.78, 5) is 11.0. The summed E-state index contributed by atoms with van der Waals surface area (Å²) in [6.07, 6.45) is 5.34. The van der Waals surface area contributed by atoms with Gasteiger partial charge in [0.05, 0.1) is 7.11 Å². The van der Waals surface area contributed by atoms with Crippen molar-refractivity contribution >= 4 is 11.6 Å². The van der Waals surface area contributed by atoms with Gasteiger partial charge >= 0.3 is 0 Å². The molecule has 19 heavy (non-hydrogen) atoms. The predicted molar refractivity (Wildman–Crippen MR) is 78.0 cm³/mol. The maximum absolute atomic E-state index is 5.52. The standard InChI is InChI=1S/C14H24N4O/c1-4-15-13-12(19-3)14(17-10-16-13)18-8-5-6-11(2)7-9-18/h10-11H,4-9H2,1-3H3,(H,15,16,17). The first-order valence-electron chi connectivity index (χ1n) is 7.14. The summed E-state index contributed by atoms with van der Waals surface area (Å²) in [5.74, 6) is 3.26. The van der Waals surface area contributed by atoms with E-state index in [-0.39, 0.29) is 0 Å². The smallest absolute Gasteiger partial charge is 0.204 e. The summed E-state index contributed by atoms with van der Waals surface area (Å²) < 4.78 is 5.52. The van der Waals surface area contributed by atoms with Gasteiger partial charge in [0, 0.05) is 19.6 Å². The number of methoxy groups -OCH3 is 1. The molecule has 5 nitrogen and oxygen atoms in total. The van der Waals surface area contributed by atoms with Crippen LogP contribution in [-0.2, 0) is 0 Å². The van der Waals surface area contributed by atoms with Crippen LogP contribution in [0, 0.1) is 5.92 Å². The van der Waals surface area contributed by atoms with Crippen LogP contribution in [0.15, 0.2) is 6.33 Å². The van der Waals surface area contributed by atoms with E-state index in [1.165, 1.54) is 19.3 Å². The maximum Gasteiger partial charge on any atom is 0.204 e. The molecule has 1 aliphatic rings. The van der Waals surface area contributed by atoms with Crippen molar-refractivity contribution in [2.24, 2.45) is 5.92 Å². The van der Waals surface area contributed by atoms with Crippen LogP contribution in [0.5, 0.6) is 5.75 Å². The molecule has 5 heteroatoms. The molecule has 0 bridgehead atoms. The van der Waals surface area contributed by atoms with Crippen LogP contribution in [0.25, 0.3) is 0 Å². The number of nitrogens with one attached hydrogen (secondary N) is 1. The normalized spacial score (nSPS) is 19.9. The molecule has 1 aromatic heterocycles. The van der Waals surface area contributed by atoms with Crippen LogP contribution in [0.2, 0.25) is 0 Å². The first kappa shape index (κ1) is 13.9. The zero-order valence-corrected chi connectivity index (χ0v) is 12.1. The molecule has 1 N–H and O–H groups in total. The minimum atomic E-state index is 0.763. The number of rotatable bonds is 4. The minimum absolute atomic E-state index is 0.763. The molecule has 106 valence electrons. The molecule has 1 atom stereocenters. The monoisotopic (exact) mass is 264 g/mol. The second-order valence-electron chi connectivity index (χ2n) is 5.13. The lowest BCUT2D eigenvalue weighted by Gasteiger charge is -2.24. The van der Waals surface area contributed by atoms with Crippen molar-refractivity contribution in [2.45, 2.75) is 33.1 Å². The summed E-state index contributed by atoms with van der Waals surface area (Å²) in [5.41, 5.74) is 0. The van der Waals surface area contributed by atoms with E-state index in [1.54, 1.807) is 13.4 Å². The molecule has 1 fully saturated rings. The summed E-state index contributed by atoms with van der Waals surface area (Å²) in [6, 6.07) is 0. The van der Waals surface area contributed by atoms with E-state index >= 15 is 0 Å². The molecule has 0 amide bonds. The summed E-state index contributed by atoms with van der Waals surface area (Å²) in [7, 11) is 1.68. The van der Waals surface area contributed by atoms with Gasteiger partial charge in [0.15, 0.2) is 11.6 Å². The molecule has 2 rings (SSSR count). The SMILES string of the molecule is CCNc1ncnc(N2CCCC(C)CC2)c1OC. The molecule has 0 radical (unpaired) electrons. The van der Waals surface area contributed by atoms with Crippen molar-refractivity contribution < 1.29 is 4.74 Å². The predicted octanol–water partition coefficient (Wildman–Crippen LogP) is 2.54. The number of hydrogen-bond acceptors (Lipinski definition) is 5. The Labute approximate surface area is 115 Å². The van der Waals surface area contributed by atoms with Gasteiger partial charge in [-0.1, -0.05) is 6.92 Å². The third-order valence-electron chi connectivity index (χ3n) is 3.65. The Balaban J connectivity index is 2.25. The van der Waals surface area contributed by atoms with E-state index in [0.717, 1.165) is 42.9 Å². The fraction of sp³-hybridized carbons (Fsp3) is 0.714. The minimum Gasteiger partial charge on any atom is -0.490 e. The van der Waals surface area contributed by atoms with E-state index in [4.69, 9.17) is 4.74 Å². The fourth-order valence-electron chi connectivity index (χ4n) is 2.55. The van der Waals surface area contributed by atoms with Crippen LogP contribution in [0.1, 0.15) is 33.1 Å². The van der Waals surface area contributed by atoms with Gasteiger partial charge in [0.1, 0.15) is 6.33 Å². The first-order valence-corrected chi connectivity index (χ1v) is 7.14. The average Bonchev–Trinajstić information content (AvgIpc) is 2.64. The van der Waals surface area contributed by atoms with Gasteiger partial charge in [-0.25, -0.2) is 9.97 Å². The number of hydrogen-bond donors (Lipinski definition) is 1. The molecular weight excluding hydrogens is 240 g/mol. The van der Waals surface area contributed by atoms with Gasteiger partial charge in [0.25, 0.3) is 0 Å². The molecule has 0 aliphatic carbocycles. The van der Waals surface area contributed by atoms with E-state index in [9.17, 15) is 0 Å². The Morgan fingerprint density at radius 2 is 2.21 bits per heavy atom. The van der Waals surface area contributed by atoms with E-state index in [2.05, 4.69) is 34.0 Å².